The van der Waals surface area contributed by atoms with E-state index in [0.717, 1.165) is 25.1 Å². The van der Waals surface area contributed by atoms with Crippen LogP contribution in [0.5, 0.6) is 0 Å². The predicted octanol–water partition coefficient (Wildman–Crippen LogP) is 0.541. The molecular formula is C16H23N3O2. The standard InChI is InChI=1S/C16H23N3O2/c1-12-10-19(8-7-14(12)17)11-16(21)18-15(20)9-13-5-3-2-4-6-13/h2-6,12,14H,7-11,17H2,1H3,(H,18,20,21). The Morgan fingerprint density at radius 3 is 2.67 bits per heavy atom. The third-order valence-corrected chi connectivity index (χ3v) is 3.91. The zero-order chi connectivity index (χ0) is 15.2. The van der Waals surface area contributed by atoms with Crippen molar-refractivity contribution >= 4 is 11.8 Å². The normalized spacial score (nSPS) is 22.8. The van der Waals surface area contributed by atoms with E-state index in [-0.39, 0.29) is 30.8 Å². The van der Waals surface area contributed by atoms with E-state index >= 15 is 0 Å². The number of nitrogens with zero attached hydrogens (tertiary/aromatic N) is 1. The lowest BCUT2D eigenvalue weighted by Crippen LogP contribution is -2.49. The molecule has 5 nitrogen and oxygen atoms in total. The van der Waals surface area contributed by atoms with Crippen molar-refractivity contribution < 1.29 is 9.59 Å². The highest BCUT2D eigenvalue weighted by Crippen LogP contribution is 2.14. The number of nitrogens with one attached hydrogen (secondary N) is 1. The van der Waals surface area contributed by atoms with Gasteiger partial charge in [-0.15, -0.1) is 0 Å². The van der Waals surface area contributed by atoms with Crippen LogP contribution in [0.1, 0.15) is 18.9 Å². The molecule has 3 N–H and O–H groups in total. The number of imide groups is 1. The quantitative estimate of drug-likeness (QED) is 0.848. The Balaban J connectivity index is 1.75. The van der Waals surface area contributed by atoms with Crippen molar-refractivity contribution in [3.05, 3.63) is 35.9 Å². The molecule has 1 aliphatic heterocycles. The summed E-state index contributed by atoms with van der Waals surface area (Å²) in [6, 6.07) is 9.61. The maximum Gasteiger partial charge on any atom is 0.240 e. The van der Waals surface area contributed by atoms with Gasteiger partial charge in [0.1, 0.15) is 0 Å². The molecule has 1 aromatic carbocycles. The molecule has 2 amide bonds. The lowest BCUT2D eigenvalue weighted by Gasteiger charge is -2.34. The van der Waals surface area contributed by atoms with Gasteiger partial charge in [-0.3, -0.25) is 19.8 Å². The Morgan fingerprint density at radius 1 is 1.29 bits per heavy atom. The fourth-order valence-corrected chi connectivity index (χ4v) is 2.62. The first-order valence-electron chi connectivity index (χ1n) is 7.39. The lowest BCUT2D eigenvalue weighted by atomic mass is 9.95. The van der Waals surface area contributed by atoms with E-state index in [1.807, 2.05) is 30.3 Å². The van der Waals surface area contributed by atoms with Gasteiger partial charge in [-0.25, -0.2) is 0 Å². The molecule has 0 radical (unpaired) electrons. The van der Waals surface area contributed by atoms with Crippen LogP contribution in [0, 0.1) is 5.92 Å². The van der Waals surface area contributed by atoms with Crippen molar-refractivity contribution in [2.24, 2.45) is 11.7 Å². The zero-order valence-electron chi connectivity index (χ0n) is 12.4. The number of hydrogen-bond acceptors (Lipinski definition) is 4. The number of amides is 2. The number of hydrogen-bond donors (Lipinski definition) is 2. The molecule has 0 aliphatic carbocycles. The van der Waals surface area contributed by atoms with Gasteiger partial charge < -0.3 is 5.73 Å². The highest BCUT2D eigenvalue weighted by Gasteiger charge is 2.24. The maximum atomic E-state index is 11.9. The average molecular weight is 289 g/mol. The molecule has 0 aromatic heterocycles. The number of piperidine rings is 1. The number of benzene rings is 1. The Kier molecular flexibility index (Phi) is 5.47. The molecule has 1 aromatic rings. The number of carbonyl (C=O) groups excluding carboxylic acids is 2. The average Bonchev–Trinajstić information content (AvgIpc) is 2.43. The monoisotopic (exact) mass is 289 g/mol. The molecule has 0 saturated carbocycles. The molecule has 1 heterocycles. The summed E-state index contributed by atoms with van der Waals surface area (Å²) in [6.45, 7) is 3.97. The molecule has 1 fully saturated rings. The second kappa shape index (κ2) is 7.33. The van der Waals surface area contributed by atoms with Crippen molar-refractivity contribution in [2.45, 2.75) is 25.8 Å². The second-order valence-electron chi connectivity index (χ2n) is 5.80. The molecular weight excluding hydrogens is 266 g/mol. The van der Waals surface area contributed by atoms with Crippen LogP contribution >= 0.6 is 0 Å². The lowest BCUT2D eigenvalue weighted by molar-refractivity contribution is -0.130. The van der Waals surface area contributed by atoms with E-state index in [2.05, 4.69) is 17.1 Å². The molecule has 0 bridgehead atoms. The van der Waals surface area contributed by atoms with Crippen molar-refractivity contribution in [3.8, 4) is 0 Å². The first-order valence-corrected chi connectivity index (χ1v) is 7.39. The maximum absolute atomic E-state index is 11.9. The second-order valence-corrected chi connectivity index (χ2v) is 5.80. The molecule has 2 rings (SSSR count). The number of likely N-dealkylation sites (tertiary alicyclic amines) is 1. The Labute approximate surface area is 125 Å². The Morgan fingerprint density at radius 2 is 2.00 bits per heavy atom. The van der Waals surface area contributed by atoms with E-state index in [0.29, 0.717) is 5.92 Å². The van der Waals surface area contributed by atoms with Crippen LogP contribution < -0.4 is 11.1 Å². The SMILES string of the molecule is CC1CN(CC(=O)NC(=O)Cc2ccccc2)CCC1N. The summed E-state index contributed by atoms with van der Waals surface area (Å²) in [5.41, 5.74) is 6.86. The highest BCUT2D eigenvalue weighted by atomic mass is 16.2. The summed E-state index contributed by atoms with van der Waals surface area (Å²) in [7, 11) is 0. The zero-order valence-corrected chi connectivity index (χ0v) is 12.4. The van der Waals surface area contributed by atoms with Crippen LogP contribution in [0.4, 0.5) is 0 Å². The first kappa shape index (κ1) is 15.7. The summed E-state index contributed by atoms with van der Waals surface area (Å²) < 4.78 is 0. The van der Waals surface area contributed by atoms with Gasteiger partial charge in [0, 0.05) is 19.1 Å². The topological polar surface area (TPSA) is 75.4 Å². The number of carbonyl (C=O) groups is 2. The van der Waals surface area contributed by atoms with Gasteiger partial charge in [0.05, 0.1) is 13.0 Å². The molecule has 21 heavy (non-hydrogen) atoms. The smallest absolute Gasteiger partial charge is 0.240 e. The van der Waals surface area contributed by atoms with Gasteiger partial charge in [0.15, 0.2) is 0 Å². The molecule has 2 unspecified atom stereocenters. The van der Waals surface area contributed by atoms with Crippen LogP contribution in [0.3, 0.4) is 0 Å². The molecule has 5 heteroatoms. The van der Waals surface area contributed by atoms with E-state index in [1.54, 1.807) is 0 Å². The van der Waals surface area contributed by atoms with E-state index in [1.165, 1.54) is 0 Å². The molecule has 1 aliphatic rings. The fraction of sp³-hybridized carbons (Fsp3) is 0.500. The minimum atomic E-state index is -0.257. The summed E-state index contributed by atoms with van der Waals surface area (Å²) in [4.78, 5) is 25.8. The van der Waals surface area contributed by atoms with Crippen LogP contribution in [0.25, 0.3) is 0 Å². The van der Waals surface area contributed by atoms with Crippen molar-refractivity contribution in [1.29, 1.82) is 0 Å². The molecule has 1 saturated heterocycles. The van der Waals surface area contributed by atoms with Crippen LogP contribution in [0.2, 0.25) is 0 Å². The van der Waals surface area contributed by atoms with Crippen LogP contribution in [-0.2, 0) is 16.0 Å². The van der Waals surface area contributed by atoms with Crippen LogP contribution in [-0.4, -0.2) is 42.4 Å². The largest absolute Gasteiger partial charge is 0.327 e. The van der Waals surface area contributed by atoms with Gasteiger partial charge in [-0.1, -0.05) is 37.3 Å². The highest BCUT2D eigenvalue weighted by molar-refractivity contribution is 5.96. The van der Waals surface area contributed by atoms with Gasteiger partial charge in [-0.05, 0) is 17.9 Å². The summed E-state index contributed by atoms with van der Waals surface area (Å²) in [5.74, 6) is -0.113. The van der Waals surface area contributed by atoms with Gasteiger partial charge in [0.25, 0.3) is 0 Å². The number of rotatable bonds is 4. The van der Waals surface area contributed by atoms with Gasteiger partial charge in [-0.2, -0.15) is 0 Å². The molecule has 2 atom stereocenters. The fourth-order valence-electron chi connectivity index (χ4n) is 2.62. The Bertz CT molecular complexity index is 490. The van der Waals surface area contributed by atoms with E-state index < -0.39 is 0 Å². The summed E-state index contributed by atoms with van der Waals surface area (Å²) in [5, 5.41) is 2.45. The van der Waals surface area contributed by atoms with Crippen molar-refractivity contribution in [1.82, 2.24) is 10.2 Å². The number of nitrogens with two attached hydrogens (primary N) is 1. The third kappa shape index (κ3) is 4.95. The van der Waals surface area contributed by atoms with E-state index in [4.69, 9.17) is 5.73 Å². The first-order chi connectivity index (χ1) is 10.0. The third-order valence-electron chi connectivity index (χ3n) is 3.91. The molecule has 0 spiro atoms. The van der Waals surface area contributed by atoms with Crippen LogP contribution in [0.15, 0.2) is 30.3 Å². The minimum absolute atomic E-state index is 0.212. The summed E-state index contributed by atoms with van der Waals surface area (Å²) >= 11 is 0. The van der Waals surface area contributed by atoms with Crippen molar-refractivity contribution in [3.63, 3.8) is 0 Å². The van der Waals surface area contributed by atoms with Crippen molar-refractivity contribution in [2.75, 3.05) is 19.6 Å². The molecule has 114 valence electrons. The van der Waals surface area contributed by atoms with Gasteiger partial charge >= 0.3 is 0 Å². The predicted molar refractivity (Wildman–Crippen MR) is 81.5 cm³/mol. The van der Waals surface area contributed by atoms with Gasteiger partial charge in [0.2, 0.25) is 11.8 Å². The Hall–Kier alpha value is -1.72. The summed E-state index contributed by atoms with van der Waals surface area (Å²) in [6.07, 6.45) is 1.13. The van der Waals surface area contributed by atoms with E-state index in [9.17, 15) is 9.59 Å². The minimum Gasteiger partial charge on any atom is -0.327 e.